The summed E-state index contributed by atoms with van der Waals surface area (Å²) in [6.45, 7) is 3.72. The molecular formula is C22H20Cl3F3N2O2. The molecule has 0 spiro atoms. The van der Waals surface area contributed by atoms with Crippen LogP contribution in [0.25, 0.3) is 0 Å². The maximum atomic E-state index is 14.3. The molecule has 3 rings (SSSR count). The van der Waals surface area contributed by atoms with Crippen molar-refractivity contribution in [3.8, 4) is 0 Å². The van der Waals surface area contributed by atoms with Crippen molar-refractivity contribution in [1.29, 1.82) is 0 Å². The Bertz CT molecular complexity index is 1020. The Kier molecular flexibility index (Phi) is 7.32. The minimum atomic E-state index is -4.85. The van der Waals surface area contributed by atoms with Crippen molar-refractivity contribution in [3.63, 3.8) is 0 Å². The van der Waals surface area contributed by atoms with Gasteiger partial charge in [-0.05, 0) is 35.7 Å². The molecule has 4 nitrogen and oxygen atoms in total. The summed E-state index contributed by atoms with van der Waals surface area (Å²) < 4.78 is 43.0. The number of amides is 1. The molecule has 1 heterocycles. The Morgan fingerprint density at radius 3 is 2.34 bits per heavy atom. The normalized spacial score (nSPS) is 19.5. The number of hydrogen-bond acceptors (Lipinski definition) is 3. The Morgan fingerprint density at radius 1 is 1.16 bits per heavy atom. The second-order valence-electron chi connectivity index (χ2n) is 7.95. The minimum absolute atomic E-state index is 0.0244. The van der Waals surface area contributed by atoms with Crippen molar-refractivity contribution in [1.82, 2.24) is 5.32 Å². The van der Waals surface area contributed by atoms with Crippen LogP contribution in [0.1, 0.15) is 43.9 Å². The zero-order valence-electron chi connectivity index (χ0n) is 17.1. The number of rotatable bonds is 6. The third-order valence-electron chi connectivity index (χ3n) is 4.98. The van der Waals surface area contributed by atoms with Gasteiger partial charge < -0.3 is 10.2 Å². The standard InChI is InChI=1S/C22H20Cl3F3N2O2/c1-12(2)7-19(31)29-20(16-5-3-4-6-17(16)25)18-11-21(32-30-18,22(26,27)28)13-8-14(23)10-15(24)9-13/h3-6,8-10,12,20H,7,11H2,1-2H3,(H,29,31). The van der Waals surface area contributed by atoms with Crippen molar-refractivity contribution in [2.24, 2.45) is 11.1 Å². The molecule has 10 heteroatoms. The number of nitrogens with one attached hydrogen (secondary N) is 1. The SMILES string of the molecule is CC(C)CC(=O)NC(C1=NOC(c2cc(Cl)cc(Cl)c2)(C(F)(F)F)C1)c1ccccc1Cl. The Labute approximate surface area is 198 Å². The van der Waals surface area contributed by atoms with Crippen molar-refractivity contribution >= 4 is 46.4 Å². The molecule has 32 heavy (non-hydrogen) atoms. The molecule has 2 aromatic carbocycles. The van der Waals surface area contributed by atoms with E-state index < -0.39 is 24.2 Å². The summed E-state index contributed by atoms with van der Waals surface area (Å²) in [6.07, 6.45) is -5.34. The van der Waals surface area contributed by atoms with Gasteiger partial charge in [0.05, 0.1) is 11.8 Å². The minimum Gasteiger partial charge on any atom is -0.374 e. The maximum Gasteiger partial charge on any atom is 0.435 e. The van der Waals surface area contributed by atoms with Crippen LogP contribution in [0.4, 0.5) is 13.2 Å². The lowest BCUT2D eigenvalue weighted by Gasteiger charge is -2.30. The Hall–Kier alpha value is -1.96. The van der Waals surface area contributed by atoms with Gasteiger partial charge in [0.15, 0.2) is 0 Å². The van der Waals surface area contributed by atoms with Crippen LogP contribution in [0.15, 0.2) is 47.6 Å². The second-order valence-corrected chi connectivity index (χ2v) is 9.23. The molecule has 1 N–H and O–H groups in total. The number of oxime groups is 1. The first-order valence-corrected chi connectivity index (χ1v) is 10.9. The number of hydrogen-bond donors (Lipinski definition) is 1. The molecule has 172 valence electrons. The summed E-state index contributed by atoms with van der Waals surface area (Å²) in [7, 11) is 0. The van der Waals surface area contributed by atoms with Crippen molar-refractivity contribution in [3.05, 3.63) is 68.7 Å². The van der Waals surface area contributed by atoms with E-state index in [4.69, 9.17) is 39.6 Å². The molecule has 0 aromatic heterocycles. The topological polar surface area (TPSA) is 50.7 Å². The van der Waals surface area contributed by atoms with Gasteiger partial charge in [-0.2, -0.15) is 13.2 Å². The summed E-state index contributed by atoms with van der Waals surface area (Å²) in [5.74, 6) is -0.297. The number of carbonyl (C=O) groups excluding carboxylic acids is 1. The van der Waals surface area contributed by atoms with E-state index in [9.17, 15) is 18.0 Å². The summed E-state index contributed by atoms with van der Waals surface area (Å²) in [5.41, 5.74) is -2.70. The summed E-state index contributed by atoms with van der Waals surface area (Å²) in [5, 5.41) is 6.87. The summed E-state index contributed by atoms with van der Waals surface area (Å²) in [6, 6.07) is 9.16. The highest BCUT2D eigenvalue weighted by molar-refractivity contribution is 6.34. The van der Waals surface area contributed by atoms with Crippen LogP contribution >= 0.6 is 34.8 Å². The molecule has 1 aliphatic heterocycles. The summed E-state index contributed by atoms with van der Waals surface area (Å²) in [4.78, 5) is 17.6. The van der Waals surface area contributed by atoms with Crippen LogP contribution in [0, 0.1) is 5.92 Å². The van der Waals surface area contributed by atoms with Gasteiger partial charge in [0, 0.05) is 33.5 Å². The fraction of sp³-hybridized carbons (Fsp3) is 0.364. The van der Waals surface area contributed by atoms with E-state index in [1.54, 1.807) is 24.3 Å². The molecule has 0 bridgehead atoms. The number of alkyl halides is 3. The highest BCUT2D eigenvalue weighted by atomic mass is 35.5. The largest absolute Gasteiger partial charge is 0.435 e. The van der Waals surface area contributed by atoms with E-state index in [0.29, 0.717) is 5.56 Å². The molecule has 0 saturated heterocycles. The Morgan fingerprint density at radius 2 is 1.78 bits per heavy atom. The fourth-order valence-electron chi connectivity index (χ4n) is 3.51. The molecule has 0 fully saturated rings. The monoisotopic (exact) mass is 506 g/mol. The zero-order valence-corrected chi connectivity index (χ0v) is 19.4. The van der Waals surface area contributed by atoms with Gasteiger partial charge in [-0.25, -0.2) is 0 Å². The van der Waals surface area contributed by atoms with Crippen molar-refractivity contribution in [2.75, 3.05) is 0 Å². The quantitative estimate of drug-likeness (QED) is 0.454. The zero-order chi connectivity index (χ0) is 23.7. The molecule has 1 aliphatic rings. The highest BCUT2D eigenvalue weighted by Crippen LogP contribution is 2.50. The smallest absolute Gasteiger partial charge is 0.374 e. The van der Waals surface area contributed by atoms with Gasteiger partial charge in [0.25, 0.3) is 5.60 Å². The second kappa shape index (κ2) is 9.49. The van der Waals surface area contributed by atoms with Gasteiger partial charge in [-0.3, -0.25) is 4.79 Å². The van der Waals surface area contributed by atoms with E-state index in [2.05, 4.69) is 10.5 Å². The lowest BCUT2D eigenvalue weighted by molar-refractivity contribution is -0.275. The average Bonchev–Trinajstić information content (AvgIpc) is 3.12. The number of halogens is 6. The lowest BCUT2D eigenvalue weighted by Crippen LogP contribution is -2.44. The fourth-order valence-corrected chi connectivity index (χ4v) is 4.28. The van der Waals surface area contributed by atoms with Crippen LogP contribution in [-0.2, 0) is 15.2 Å². The third kappa shape index (κ3) is 5.16. The molecule has 0 aliphatic carbocycles. The molecule has 2 unspecified atom stereocenters. The first-order valence-electron chi connectivity index (χ1n) is 9.75. The Balaban J connectivity index is 2.03. The van der Waals surface area contributed by atoms with Crippen LogP contribution in [0.2, 0.25) is 15.1 Å². The van der Waals surface area contributed by atoms with E-state index in [-0.39, 0.29) is 44.6 Å². The number of carbonyl (C=O) groups is 1. The highest BCUT2D eigenvalue weighted by Gasteiger charge is 2.63. The molecule has 0 radical (unpaired) electrons. The predicted molar refractivity (Wildman–Crippen MR) is 119 cm³/mol. The van der Waals surface area contributed by atoms with E-state index in [1.807, 2.05) is 13.8 Å². The van der Waals surface area contributed by atoms with E-state index in [0.717, 1.165) is 12.1 Å². The first-order chi connectivity index (χ1) is 14.9. The third-order valence-corrected chi connectivity index (χ3v) is 5.76. The van der Waals surface area contributed by atoms with Crippen molar-refractivity contribution < 1.29 is 22.8 Å². The number of nitrogens with zero attached hydrogens (tertiary/aromatic N) is 1. The van der Waals surface area contributed by atoms with Gasteiger partial charge in [-0.15, -0.1) is 0 Å². The van der Waals surface area contributed by atoms with Crippen LogP contribution < -0.4 is 5.32 Å². The van der Waals surface area contributed by atoms with Gasteiger partial charge in [-0.1, -0.05) is 72.0 Å². The van der Waals surface area contributed by atoms with Gasteiger partial charge >= 0.3 is 6.18 Å². The molecule has 2 aromatic rings. The van der Waals surface area contributed by atoms with Gasteiger partial charge in [0.2, 0.25) is 5.91 Å². The molecule has 0 saturated carbocycles. The van der Waals surface area contributed by atoms with Crippen LogP contribution in [-0.4, -0.2) is 17.8 Å². The summed E-state index contributed by atoms with van der Waals surface area (Å²) >= 11 is 18.2. The number of benzene rings is 2. The maximum absolute atomic E-state index is 14.3. The molecule has 1 amide bonds. The van der Waals surface area contributed by atoms with Crippen LogP contribution in [0.5, 0.6) is 0 Å². The van der Waals surface area contributed by atoms with E-state index in [1.165, 1.54) is 6.07 Å². The lowest BCUT2D eigenvalue weighted by atomic mass is 9.85. The average molecular weight is 508 g/mol. The predicted octanol–water partition coefficient (Wildman–Crippen LogP) is 7.08. The van der Waals surface area contributed by atoms with Gasteiger partial charge in [0.1, 0.15) is 0 Å². The van der Waals surface area contributed by atoms with Crippen LogP contribution in [0.3, 0.4) is 0 Å². The molecule has 2 atom stereocenters. The first kappa shape index (κ1) is 24.7. The van der Waals surface area contributed by atoms with E-state index >= 15 is 0 Å². The van der Waals surface area contributed by atoms with Crippen molar-refractivity contribution in [2.45, 2.75) is 44.5 Å². The molecular weight excluding hydrogens is 488 g/mol.